The lowest BCUT2D eigenvalue weighted by molar-refractivity contribution is 0.623. The van der Waals surface area contributed by atoms with Crippen LogP contribution in [-0.2, 0) is 6.42 Å². The second kappa shape index (κ2) is 6.83. The molecule has 0 aliphatic heterocycles. The lowest BCUT2D eigenvalue weighted by Gasteiger charge is -2.11. The highest BCUT2D eigenvalue weighted by molar-refractivity contribution is 7.99. The maximum atomic E-state index is 6.30. The van der Waals surface area contributed by atoms with Crippen LogP contribution in [0.25, 0.3) is 0 Å². The van der Waals surface area contributed by atoms with Crippen molar-refractivity contribution in [3.63, 3.8) is 0 Å². The van der Waals surface area contributed by atoms with E-state index in [1.807, 2.05) is 18.7 Å². The molecule has 0 bridgehead atoms. The van der Waals surface area contributed by atoms with E-state index in [-0.39, 0.29) is 6.04 Å². The van der Waals surface area contributed by atoms with Gasteiger partial charge in [0.05, 0.1) is 0 Å². The van der Waals surface area contributed by atoms with E-state index in [0.717, 1.165) is 22.9 Å². The van der Waals surface area contributed by atoms with E-state index >= 15 is 0 Å². The molecule has 2 rings (SSSR count). The molecule has 1 unspecified atom stereocenters. The number of hydrogen-bond donors (Lipinski definition) is 1. The van der Waals surface area contributed by atoms with Gasteiger partial charge in [-0.15, -0.1) is 11.8 Å². The van der Waals surface area contributed by atoms with Crippen LogP contribution in [0.5, 0.6) is 0 Å². The summed E-state index contributed by atoms with van der Waals surface area (Å²) in [5.74, 6) is 2.15. The Kier molecular flexibility index (Phi) is 5.40. The molecular weight excluding hydrogens is 262 g/mol. The SMILES string of the molecule is CC(N)Cc1ccc(SCC2CCCC2)cc1Cl. The zero-order valence-electron chi connectivity index (χ0n) is 11.0. The molecule has 0 saturated heterocycles. The maximum absolute atomic E-state index is 6.30. The third-order valence-electron chi connectivity index (χ3n) is 3.53. The largest absolute Gasteiger partial charge is 0.328 e. The van der Waals surface area contributed by atoms with E-state index in [2.05, 4.69) is 18.2 Å². The molecule has 0 spiro atoms. The zero-order valence-corrected chi connectivity index (χ0v) is 12.6. The van der Waals surface area contributed by atoms with E-state index in [4.69, 9.17) is 17.3 Å². The van der Waals surface area contributed by atoms with Crippen LogP contribution in [0.2, 0.25) is 5.02 Å². The summed E-state index contributed by atoms with van der Waals surface area (Å²) in [7, 11) is 0. The van der Waals surface area contributed by atoms with Crippen LogP contribution in [0.3, 0.4) is 0 Å². The minimum atomic E-state index is 0.166. The second-order valence-corrected chi connectivity index (χ2v) is 6.90. The van der Waals surface area contributed by atoms with Crippen molar-refractivity contribution in [1.29, 1.82) is 0 Å². The Hall–Kier alpha value is -0.180. The van der Waals surface area contributed by atoms with Crippen LogP contribution in [0.1, 0.15) is 38.2 Å². The van der Waals surface area contributed by atoms with Crippen LogP contribution >= 0.6 is 23.4 Å². The highest BCUT2D eigenvalue weighted by Crippen LogP contribution is 2.32. The van der Waals surface area contributed by atoms with E-state index in [1.54, 1.807) is 0 Å². The first-order chi connectivity index (χ1) is 8.65. The fourth-order valence-electron chi connectivity index (χ4n) is 2.52. The number of halogens is 1. The van der Waals surface area contributed by atoms with Gasteiger partial charge in [-0.3, -0.25) is 0 Å². The molecule has 1 aromatic carbocycles. The minimum Gasteiger partial charge on any atom is -0.328 e. The molecule has 1 aromatic rings. The summed E-state index contributed by atoms with van der Waals surface area (Å²) in [4.78, 5) is 1.29. The summed E-state index contributed by atoms with van der Waals surface area (Å²) in [6.45, 7) is 2.01. The molecule has 0 amide bonds. The molecule has 1 saturated carbocycles. The van der Waals surface area contributed by atoms with Crippen molar-refractivity contribution in [1.82, 2.24) is 0 Å². The summed E-state index contributed by atoms with van der Waals surface area (Å²) in [6, 6.07) is 6.57. The maximum Gasteiger partial charge on any atom is 0.0449 e. The molecule has 1 atom stereocenters. The minimum absolute atomic E-state index is 0.166. The van der Waals surface area contributed by atoms with Crippen molar-refractivity contribution < 1.29 is 0 Å². The first-order valence-corrected chi connectivity index (χ1v) is 8.18. The van der Waals surface area contributed by atoms with Crippen LogP contribution in [0.4, 0.5) is 0 Å². The molecule has 0 heterocycles. The Balaban J connectivity index is 1.91. The highest BCUT2D eigenvalue weighted by atomic mass is 35.5. The van der Waals surface area contributed by atoms with Gasteiger partial charge in [0.2, 0.25) is 0 Å². The average Bonchev–Trinajstić information content (AvgIpc) is 2.82. The summed E-state index contributed by atoms with van der Waals surface area (Å²) in [5.41, 5.74) is 6.97. The smallest absolute Gasteiger partial charge is 0.0449 e. The Bertz CT molecular complexity index is 386. The standard InChI is InChI=1S/C15H22ClNS/c1-11(17)8-13-6-7-14(9-15(13)16)18-10-12-4-2-3-5-12/h6-7,9,11-12H,2-5,8,10,17H2,1H3. The zero-order chi connectivity index (χ0) is 13.0. The van der Waals surface area contributed by atoms with Gasteiger partial charge in [-0.1, -0.05) is 30.5 Å². The predicted molar refractivity (Wildman–Crippen MR) is 81.5 cm³/mol. The van der Waals surface area contributed by atoms with Crippen molar-refractivity contribution in [3.8, 4) is 0 Å². The molecular formula is C15H22ClNS. The average molecular weight is 284 g/mol. The van der Waals surface area contributed by atoms with Gasteiger partial charge in [0, 0.05) is 21.7 Å². The van der Waals surface area contributed by atoms with Crippen LogP contribution < -0.4 is 5.73 Å². The molecule has 1 nitrogen and oxygen atoms in total. The van der Waals surface area contributed by atoms with E-state index in [1.165, 1.54) is 36.3 Å². The first-order valence-electron chi connectivity index (χ1n) is 6.82. The monoisotopic (exact) mass is 283 g/mol. The van der Waals surface area contributed by atoms with Crippen molar-refractivity contribution in [2.75, 3.05) is 5.75 Å². The van der Waals surface area contributed by atoms with Gasteiger partial charge in [0.1, 0.15) is 0 Å². The number of benzene rings is 1. The van der Waals surface area contributed by atoms with Gasteiger partial charge in [0.15, 0.2) is 0 Å². The topological polar surface area (TPSA) is 26.0 Å². The fraction of sp³-hybridized carbons (Fsp3) is 0.600. The van der Waals surface area contributed by atoms with Crippen LogP contribution in [-0.4, -0.2) is 11.8 Å². The quantitative estimate of drug-likeness (QED) is 0.805. The summed E-state index contributed by atoms with van der Waals surface area (Å²) in [6.07, 6.45) is 6.50. The third kappa shape index (κ3) is 4.18. The van der Waals surface area contributed by atoms with Crippen LogP contribution in [0.15, 0.2) is 23.1 Å². The lowest BCUT2D eigenvalue weighted by atomic mass is 10.1. The summed E-state index contributed by atoms with van der Waals surface area (Å²) >= 11 is 8.24. The Morgan fingerprint density at radius 2 is 2.11 bits per heavy atom. The fourth-order valence-corrected chi connectivity index (χ4v) is 3.97. The summed E-state index contributed by atoms with van der Waals surface area (Å²) < 4.78 is 0. The van der Waals surface area contributed by atoms with Crippen LogP contribution in [0, 0.1) is 5.92 Å². The van der Waals surface area contributed by atoms with E-state index in [0.29, 0.717) is 0 Å². The first kappa shape index (κ1) is 14.2. The normalized spacial score (nSPS) is 18.2. The second-order valence-electron chi connectivity index (χ2n) is 5.40. The van der Waals surface area contributed by atoms with Gasteiger partial charge in [-0.2, -0.15) is 0 Å². The Morgan fingerprint density at radius 3 is 2.72 bits per heavy atom. The molecule has 3 heteroatoms. The van der Waals surface area contributed by atoms with E-state index in [9.17, 15) is 0 Å². The molecule has 100 valence electrons. The molecule has 1 aliphatic rings. The number of nitrogens with two attached hydrogens (primary N) is 1. The summed E-state index contributed by atoms with van der Waals surface area (Å²) in [5, 5.41) is 0.865. The van der Waals surface area contributed by atoms with Crippen molar-refractivity contribution in [2.45, 2.75) is 50.0 Å². The number of thioether (sulfide) groups is 1. The lowest BCUT2D eigenvalue weighted by Crippen LogP contribution is -2.17. The molecule has 18 heavy (non-hydrogen) atoms. The van der Waals surface area contributed by atoms with E-state index < -0.39 is 0 Å². The Morgan fingerprint density at radius 1 is 1.39 bits per heavy atom. The van der Waals surface area contributed by atoms with Gasteiger partial charge < -0.3 is 5.73 Å². The number of hydrogen-bond acceptors (Lipinski definition) is 2. The highest BCUT2D eigenvalue weighted by Gasteiger charge is 2.15. The van der Waals surface area contributed by atoms with Gasteiger partial charge in [-0.25, -0.2) is 0 Å². The number of rotatable bonds is 5. The van der Waals surface area contributed by atoms with Gasteiger partial charge >= 0.3 is 0 Å². The van der Waals surface area contributed by atoms with Gasteiger partial charge in [-0.05, 0) is 49.8 Å². The van der Waals surface area contributed by atoms with Crippen molar-refractivity contribution >= 4 is 23.4 Å². The van der Waals surface area contributed by atoms with Gasteiger partial charge in [0.25, 0.3) is 0 Å². The Labute approximate surface area is 119 Å². The molecule has 1 aliphatic carbocycles. The molecule has 2 N–H and O–H groups in total. The molecule has 0 radical (unpaired) electrons. The van der Waals surface area contributed by atoms with Crippen molar-refractivity contribution in [3.05, 3.63) is 28.8 Å². The third-order valence-corrected chi connectivity index (χ3v) is 5.10. The molecule has 0 aromatic heterocycles. The predicted octanol–water partition coefficient (Wildman–Crippen LogP) is 4.51. The van der Waals surface area contributed by atoms with Crippen molar-refractivity contribution in [2.24, 2.45) is 11.7 Å². The molecule has 1 fully saturated rings.